The van der Waals surface area contributed by atoms with Crippen molar-refractivity contribution >= 4 is 223 Å². The van der Waals surface area contributed by atoms with Crippen molar-refractivity contribution in [3.8, 4) is 56.9 Å². The molecular formula is C133H88N12S4. The van der Waals surface area contributed by atoms with E-state index in [9.17, 15) is 0 Å². The summed E-state index contributed by atoms with van der Waals surface area (Å²) in [6.07, 6.45) is -0.308. The van der Waals surface area contributed by atoms with Gasteiger partial charge < -0.3 is 33.1 Å². The number of hydrogen-bond donors (Lipinski definition) is 1. The van der Waals surface area contributed by atoms with E-state index in [-0.39, 0.29) is 6.17 Å². The van der Waals surface area contributed by atoms with Gasteiger partial charge in [0.15, 0.2) is 17.8 Å². The Balaban J connectivity index is 0.0000000957. The van der Waals surface area contributed by atoms with E-state index in [1.165, 1.54) is 161 Å². The standard InChI is InChI=1S/C35H24N4S.C34H22N4S.C32H20N2S.C32H22N2S/c1-3-9-23(10-4-1)33-36-34(24-11-5-2-6-12-24)38-35(37-33)25-15-17-26(18-16-25)39-29-14-8-7-13-27(29)32-28-21-22-40-31(28)20-19-30(32)39;1-3-9-23(10-4-1)33-35-36-34(24-11-5-2-6-12-24)38(33)26-17-15-25(16-18-26)37-29-14-8-7-13-27(29)32-28-21-22-39-31(28)20-19-30(32)37;1-2-8-21(9-3-1)33-27-12-6-4-10-23(27)26-20-22(14-15-29(26)33)34-28-13-7-5-11-24(28)32-25-18-19-35-31(25)17-16-30(32)34;1-3-9-23(10-4-1)33(24-11-5-2-6-12-24)25-15-17-26(18-16-25)34-29-14-8-7-13-27(29)32-28-21-22-35-31(28)20-19-30(32)34/h1-22,33H,(H,36,37,38);1-22H;1-20H;1-22H. The molecule has 0 saturated carbocycles. The highest BCUT2D eigenvalue weighted by Gasteiger charge is 2.27. The Bertz CT molecular complexity index is 10300. The van der Waals surface area contributed by atoms with E-state index in [0.717, 1.165) is 90.9 Å². The molecule has 12 nitrogen and oxygen atoms in total. The van der Waals surface area contributed by atoms with E-state index in [1.807, 2.05) is 84.1 Å². The summed E-state index contributed by atoms with van der Waals surface area (Å²) < 4.78 is 19.4. The Labute approximate surface area is 873 Å². The smallest absolute Gasteiger partial charge is 0.169 e. The van der Waals surface area contributed by atoms with Crippen molar-refractivity contribution in [3.05, 3.63) is 536 Å². The molecule has 0 saturated heterocycles. The Morgan fingerprint density at radius 2 is 0.463 bits per heavy atom. The van der Waals surface area contributed by atoms with Crippen LogP contribution >= 0.6 is 45.3 Å². The predicted molar refractivity (Wildman–Crippen MR) is 631 cm³/mol. The second-order valence-corrected chi connectivity index (χ2v) is 41.0. The zero-order valence-corrected chi connectivity index (χ0v) is 83.5. The van der Waals surface area contributed by atoms with Crippen molar-refractivity contribution in [3.63, 3.8) is 0 Å². The van der Waals surface area contributed by atoms with Gasteiger partial charge in [-0.2, -0.15) is 0 Å². The van der Waals surface area contributed by atoms with E-state index in [4.69, 9.17) is 9.98 Å². The van der Waals surface area contributed by atoms with Gasteiger partial charge in [0.05, 0.1) is 55.2 Å². The van der Waals surface area contributed by atoms with Crippen LogP contribution in [-0.4, -0.2) is 49.3 Å². The molecule has 0 aliphatic carbocycles. The summed E-state index contributed by atoms with van der Waals surface area (Å²) in [7, 11) is 0. The predicted octanol–water partition coefficient (Wildman–Crippen LogP) is 36.0. The average molecular weight is 1980 g/mol. The lowest BCUT2D eigenvalue weighted by Crippen LogP contribution is -2.36. The Hall–Kier alpha value is -18.7. The molecule has 1 aliphatic heterocycles. The van der Waals surface area contributed by atoms with Gasteiger partial charge in [-0.15, -0.1) is 55.5 Å². The third-order valence-corrected chi connectivity index (χ3v) is 32.3. The fourth-order valence-electron chi connectivity index (χ4n) is 22.2. The number of aromatic nitrogens is 8. The number of benzene rings is 20. The van der Waals surface area contributed by atoms with Gasteiger partial charge in [0, 0.05) is 168 Å². The van der Waals surface area contributed by atoms with Crippen molar-refractivity contribution in [1.82, 2.24) is 42.9 Å². The van der Waals surface area contributed by atoms with Crippen LogP contribution < -0.4 is 10.2 Å². The van der Waals surface area contributed by atoms with E-state index >= 15 is 0 Å². The van der Waals surface area contributed by atoms with Crippen LogP contribution in [0.4, 0.5) is 17.1 Å². The molecule has 704 valence electrons. The third-order valence-electron chi connectivity index (χ3n) is 28.8. The first-order valence-corrected chi connectivity index (χ1v) is 53.5. The van der Waals surface area contributed by atoms with Crippen LogP contribution in [0.1, 0.15) is 22.9 Å². The molecule has 10 aromatic heterocycles. The molecule has 16 heteroatoms. The summed E-state index contributed by atoms with van der Waals surface area (Å²) >= 11 is 7.19. The maximum absolute atomic E-state index is 5.03. The van der Waals surface area contributed by atoms with Crippen molar-refractivity contribution in [2.75, 3.05) is 4.90 Å². The largest absolute Gasteiger partial charge is 0.324 e. The van der Waals surface area contributed by atoms with E-state index in [1.54, 1.807) is 34.0 Å². The Morgan fingerprint density at radius 3 is 0.859 bits per heavy atom. The first kappa shape index (κ1) is 88.1. The first-order chi connectivity index (χ1) is 74.0. The fraction of sp³-hybridized carbons (Fsp3) is 0.00752. The van der Waals surface area contributed by atoms with E-state index in [0.29, 0.717) is 0 Å². The molecule has 0 spiro atoms. The highest BCUT2D eigenvalue weighted by molar-refractivity contribution is 7.18. The number of rotatable bonds is 14. The molecule has 1 unspecified atom stereocenters. The molecule has 11 heterocycles. The topological polar surface area (TPSA) is 95.3 Å². The van der Waals surface area contributed by atoms with Crippen LogP contribution in [-0.2, 0) is 0 Å². The molecule has 0 bridgehead atoms. The summed E-state index contributed by atoms with van der Waals surface area (Å²) in [6, 6.07) is 177. The molecule has 0 amide bonds. The minimum atomic E-state index is -0.308. The van der Waals surface area contributed by atoms with Crippen LogP contribution in [0.5, 0.6) is 0 Å². The summed E-state index contributed by atoms with van der Waals surface area (Å²) in [4.78, 5) is 12.3. The molecule has 31 rings (SSSR count). The van der Waals surface area contributed by atoms with Gasteiger partial charge >= 0.3 is 0 Å². The number of nitrogens with zero attached hydrogens (tertiary/aromatic N) is 11. The second-order valence-electron chi connectivity index (χ2n) is 37.2. The number of nitrogens with one attached hydrogen (secondary N) is 1. The summed E-state index contributed by atoms with van der Waals surface area (Å²) in [5, 5.41) is 39.8. The Kier molecular flexibility index (Phi) is 22.2. The summed E-state index contributed by atoms with van der Waals surface area (Å²) in [6.45, 7) is 0. The van der Waals surface area contributed by atoms with Crippen molar-refractivity contribution < 1.29 is 0 Å². The van der Waals surface area contributed by atoms with E-state index < -0.39 is 0 Å². The molecule has 0 radical (unpaired) electrons. The van der Waals surface area contributed by atoms with Crippen LogP contribution in [0.2, 0.25) is 0 Å². The van der Waals surface area contributed by atoms with Gasteiger partial charge in [0.1, 0.15) is 11.7 Å². The van der Waals surface area contributed by atoms with Crippen molar-refractivity contribution in [2.45, 2.75) is 6.17 Å². The van der Waals surface area contributed by atoms with Crippen molar-refractivity contribution in [2.24, 2.45) is 9.98 Å². The number of anilines is 3. The first-order valence-electron chi connectivity index (χ1n) is 49.9. The van der Waals surface area contributed by atoms with Crippen LogP contribution in [0.15, 0.2) is 529 Å². The highest BCUT2D eigenvalue weighted by atomic mass is 32.1. The van der Waals surface area contributed by atoms with Gasteiger partial charge in [-0.25, -0.2) is 9.98 Å². The fourth-order valence-corrected chi connectivity index (χ4v) is 25.4. The van der Waals surface area contributed by atoms with Crippen LogP contribution in [0, 0.1) is 0 Å². The van der Waals surface area contributed by atoms with Crippen LogP contribution in [0.3, 0.4) is 0 Å². The van der Waals surface area contributed by atoms with Gasteiger partial charge in [-0.1, -0.05) is 267 Å². The minimum Gasteiger partial charge on any atom is -0.324 e. The molecule has 20 aromatic carbocycles. The quantitative estimate of drug-likeness (QED) is 0.117. The highest BCUT2D eigenvalue weighted by Crippen LogP contribution is 2.47. The lowest BCUT2D eigenvalue weighted by molar-refractivity contribution is 0.756. The molecule has 1 N–H and O–H groups in total. The lowest BCUT2D eigenvalue weighted by Gasteiger charge is -2.25. The number of amidine groups is 2. The zero-order valence-electron chi connectivity index (χ0n) is 80.3. The molecule has 1 aliphatic rings. The van der Waals surface area contributed by atoms with Gasteiger partial charge in [0.25, 0.3) is 0 Å². The lowest BCUT2D eigenvalue weighted by atomic mass is 10.1. The molecule has 30 aromatic rings. The van der Waals surface area contributed by atoms with Gasteiger partial charge in [0.2, 0.25) is 0 Å². The Morgan fingerprint density at radius 1 is 0.195 bits per heavy atom. The molecular weight excluding hydrogens is 1890 g/mol. The minimum absolute atomic E-state index is 0.308. The summed E-state index contributed by atoms with van der Waals surface area (Å²) in [5.41, 5.74) is 27.7. The number of hydrogen-bond acceptors (Lipinski definition) is 10. The maximum atomic E-state index is 5.03. The number of aliphatic imine (C=N–C) groups is 2. The monoisotopic (exact) mass is 1980 g/mol. The average Bonchev–Trinajstić information content (AvgIpc) is 1.60. The molecule has 0 fully saturated rings. The van der Waals surface area contributed by atoms with Gasteiger partial charge in [-0.05, 0) is 258 Å². The van der Waals surface area contributed by atoms with Crippen LogP contribution in [0.25, 0.3) is 206 Å². The zero-order chi connectivity index (χ0) is 98.4. The normalized spacial score (nSPS) is 12.6. The number of para-hydroxylation sites is 8. The van der Waals surface area contributed by atoms with Gasteiger partial charge in [-0.3, -0.25) is 4.57 Å². The number of fused-ring (bicyclic) bond motifs is 23. The van der Waals surface area contributed by atoms with Crippen molar-refractivity contribution in [1.29, 1.82) is 0 Å². The van der Waals surface area contributed by atoms with E-state index in [2.05, 4.69) is 494 Å². The summed E-state index contributed by atoms with van der Waals surface area (Å²) in [5.74, 6) is 3.28. The third kappa shape index (κ3) is 15.5. The number of thiophene rings is 4. The SMILES string of the molecule is c1ccc(-c2nnc(-c3ccccc3)n2-c2ccc(-n3c4ccccc4c4c5ccsc5ccc43)cc2)cc1.c1ccc(-n2c3ccccc3c3cc(-n4c5ccccc5c5c6ccsc6ccc54)ccc32)cc1.c1ccc(C2=NC(c3ccccc3)N=C(c3ccc(-n4c5ccccc5c5c6ccsc6ccc54)cc3)N2)cc1.c1ccc(N(c2ccccc2)c2ccc(-n3c4ccccc4c4c5ccsc5ccc43)cc2)cc1. The molecule has 1 atom stereocenters. The second kappa shape index (κ2) is 37.5. The maximum Gasteiger partial charge on any atom is 0.169 e. The molecule has 149 heavy (non-hydrogen) atoms.